The van der Waals surface area contributed by atoms with Crippen LogP contribution in [0.2, 0.25) is 0 Å². The van der Waals surface area contributed by atoms with Gasteiger partial charge in [0, 0.05) is 19.2 Å². The van der Waals surface area contributed by atoms with Crippen LogP contribution in [0.5, 0.6) is 6.01 Å². The lowest BCUT2D eigenvalue weighted by Crippen LogP contribution is -2.20. The first-order valence-corrected chi connectivity index (χ1v) is 9.71. The van der Waals surface area contributed by atoms with Crippen LogP contribution in [0.15, 0.2) is 29.2 Å². The molecule has 2 aromatic heterocycles. The molecule has 8 nitrogen and oxygen atoms in total. The normalized spacial score (nSPS) is 14.7. The molecule has 3 aromatic rings. The number of hydrogen-bond donors (Lipinski definition) is 1. The number of rotatable bonds is 8. The zero-order valence-electron chi connectivity index (χ0n) is 16.4. The van der Waals surface area contributed by atoms with E-state index < -0.39 is 0 Å². The van der Waals surface area contributed by atoms with Gasteiger partial charge in [0.1, 0.15) is 17.9 Å². The van der Waals surface area contributed by atoms with E-state index in [9.17, 15) is 9.18 Å². The number of aromatic amines is 1. The summed E-state index contributed by atoms with van der Waals surface area (Å²) in [5.74, 6) is -0.250. The molecule has 0 atom stereocenters. The number of H-pyrrole nitrogens is 1. The number of hydrogen-bond acceptors (Lipinski definition) is 6. The van der Waals surface area contributed by atoms with E-state index in [2.05, 4.69) is 19.9 Å². The molecule has 1 N–H and O–H groups in total. The molecule has 0 aliphatic carbocycles. The number of ether oxygens (including phenoxy) is 2. The molecule has 154 valence electrons. The van der Waals surface area contributed by atoms with E-state index in [0.29, 0.717) is 42.0 Å². The lowest BCUT2D eigenvalue weighted by Gasteiger charge is -2.15. The summed E-state index contributed by atoms with van der Waals surface area (Å²) in [6.45, 7) is 3.56. The van der Waals surface area contributed by atoms with Crippen molar-refractivity contribution in [3.63, 3.8) is 0 Å². The number of likely N-dealkylation sites (tertiary alicyclic amines) is 1. The summed E-state index contributed by atoms with van der Waals surface area (Å²) in [7, 11) is 1.58. The fraction of sp³-hybridized carbons (Fsp3) is 0.450. The number of aromatic nitrogens is 4. The second-order valence-corrected chi connectivity index (χ2v) is 7.16. The molecule has 0 spiro atoms. The van der Waals surface area contributed by atoms with Crippen LogP contribution >= 0.6 is 0 Å². The Morgan fingerprint density at radius 1 is 1.21 bits per heavy atom. The zero-order chi connectivity index (χ0) is 20.2. The Morgan fingerprint density at radius 2 is 2.03 bits per heavy atom. The third-order valence-corrected chi connectivity index (χ3v) is 5.06. The van der Waals surface area contributed by atoms with Crippen molar-refractivity contribution in [1.29, 1.82) is 0 Å². The minimum absolute atomic E-state index is 0.162. The molecule has 0 bridgehead atoms. The molecule has 1 aliphatic rings. The van der Waals surface area contributed by atoms with Crippen LogP contribution in [-0.2, 0) is 17.8 Å². The molecule has 1 aliphatic heterocycles. The molecule has 0 unspecified atom stereocenters. The van der Waals surface area contributed by atoms with Gasteiger partial charge in [-0.2, -0.15) is 4.98 Å². The molecular weight excluding hydrogens is 377 g/mol. The Bertz CT molecular complexity index is 1040. The van der Waals surface area contributed by atoms with Gasteiger partial charge in [-0.1, -0.05) is 12.1 Å². The van der Waals surface area contributed by atoms with E-state index in [1.54, 1.807) is 13.2 Å². The second kappa shape index (κ2) is 8.71. The Balaban J connectivity index is 1.55. The van der Waals surface area contributed by atoms with Crippen molar-refractivity contribution in [2.75, 3.05) is 33.4 Å². The summed E-state index contributed by atoms with van der Waals surface area (Å²) in [5.41, 5.74) is 1.96. The molecule has 0 saturated carbocycles. The van der Waals surface area contributed by atoms with E-state index >= 15 is 0 Å². The highest BCUT2D eigenvalue weighted by atomic mass is 19.1. The average molecular weight is 401 g/mol. The number of nitrogens with zero attached hydrogens (tertiary/aromatic N) is 4. The largest absolute Gasteiger partial charge is 0.461 e. The molecule has 0 radical (unpaired) electrons. The van der Waals surface area contributed by atoms with Gasteiger partial charge in [-0.3, -0.25) is 9.47 Å². The van der Waals surface area contributed by atoms with Gasteiger partial charge in [0.2, 0.25) is 0 Å². The van der Waals surface area contributed by atoms with Crippen molar-refractivity contribution in [2.45, 2.75) is 25.9 Å². The van der Waals surface area contributed by atoms with Gasteiger partial charge in [0.25, 0.3) is 0 Å². The van der Waals surface area contributed by atoms with Gasteiger partial charge in [-0.05, 0) is 37.6 Å². The van der Waals surface area contributed by atoms with Crippen molar-refractivity contribution < 1.29 is 13.9 Å². The Kier molecular flexibility index (Phi) is 5.86. The van der Waals surface area contributed by atoms with E-state index in [0.717, 1.165) is 13.1 Å². The maximum absolute atomic E-state index is 14.6. The van der Waals surface area contributed by atoms with Crippen molar-refractivity contribution in [3.8, 4) is 6.01 Å². The molecular formula is C20H24FN5O3. The maximum Gasteiger partial charge on any atom is 0.328 e. The standard InChI is InChI=1S/C20H24FN5O3/c1-28-8-9-29-19-22-11-17-18(24-19)26(20(27)23-17)12-14-4-5-15(16(21)10-14)13-25-6-2-3-7-25/h4-5,10-11H,2-3,6-9,12-13H2,1H3,(H,23,27). The van der Waals surface area contributed by atoms with Gasteiger partial charge < -0.3 is 14.5 Å². The fourth-order valence-electron chi connectivity index (χ4n) is 3.54. The van der Waals surface area contributed by atoms with Crippen LogP contribution < -0.4 is 10.4 Å². The Hall–Kier alpha value is -2.78. The van der Waals surface area contributed by atoms with Gasteiger partial charge in [-0.15, -0.1) is 0 Å². The minimum Gasteiger partial charge on any atom is -0.461 e. The smallest absolute Gasteiger partial charge is 0.328 e. The van der Waals surface area contributed by atoms with Crippen LogP contribution in [0.1, 0.15) is 24.0 Å². The van der Waals surface area contributed by atoms with Gasteiger partial charge in [-0.25, -0.2) is 14.2 Å². The second-order valence-electron chi connectivity index (χ2n) is 7.16. The van der Waals surface area contributed by atoms with Crippen molar-refractivity contribution in [1.82, 2.24) is 24.4 Å². The van der Waals surface area contributed by atoms with Crippen LogP contribution in [0.3, 0.4) is 0 Å². The van der Waals surface area contributed by atoms with E-state index in [1.165, 1.54) is 29.7 Å². The van der Waals surface area contributed by atoms with Crippen molar-refractivity contribution in [2.24, 2.45) is 0 Å². The minimum atomic E-state index is -0.329. The molecule has 1 aromatic carbocycles. The first kappa shape index (κ1) is 19.5. The highest BCUT2D eigenvalue weighted by Crippen LogP contribution is 2.18. The summed E-state index contributed by atoms with van der Waals surface area (Å²) in [6.07, 6.45) is 3.84. The SMILES string of the molecule is COCCOc1ncc2[nH]c(=O)n(Cc3ccc(CN4CCCC4)c(F)c3)c2n1. The monoisotopic (exact) mass is 401 g/mol. The van der Waals surface area contributed by atoms with Crippen LogP contribution in [0.4, 0.5) is 4.39 Å². The first-order chi connectivity index (χ1) is 14.1. The predicted octanol–water partition coefficient (Wildman–Crippen LogP) is 1.93. The molecule has 1 fully saturated rings. The Labute approximate surface area is 167 Å². The Morgan fingerprint density at radius 3 is 2.79 bits per heavy atom. The van der Waals surface area contributed by atoms with Crippen LogP contribution in [-0.4, -0.2) is 57.8 Å². The fourth-order valence-corrected chi connectivity index (χ4v) is 3.54. The summed E-state index contributed by atoms with van der Waals surface area (Å²) in [4.78, 5) is 25.7. The number of fused-ring (bicyclic) bond motifs is 1. The van der Waals surface area contributed by atoms with Crippen LogP contribution in [0.25, 0.3) is 11.2 Å². The number of methoxy groups -OCH3 is 1. The summed E-state index contributed by atoms with van der Waals surface area (Å²) < 4.78 is 26.4. The molecule has 0 amide bonds. The molecule has 9 heteroatoms. The summed E-state index contributed by atoms with van der Waals surface area (Å²) in [6, 6.07) is 5.32. The highest BCUT2D eigenvalue weighted by molar-refractivity contribution is 5.69. The average Bonchev–Trinajstić information content (AvgIpc) is 3.32. The predicted molar refractivity (Wildman–Crippen MR) is 106 cm³/mol. The molecule has 29 heavy (non-hydrogen) atoms. The number of nitrogens with one attached hydrogen (secondary N) is 1. The third-order valence-electron chi connectivity index (χ3n) is 5.06. The lowest BCUT2D eigenvalue weighted by molar-refractivity contribution is 0.141. The zero-order valence-corrected chi connectivity index (χ0v) is 16.4. The quantitative estimate of drug-likeness (QED) is 0.581. The number of halogens is 1. The van der Waals surface area contributed by atoms with Crippen molar-refractivity contribution in [3.05, 3.63) is 51.8 Å². The van der Waals surface area contributed by atoms with E-state index in [1.807, 2.05) is 6.07 Å². The van der Waals surface area contributed by atoms with Gasteiger partial charge in [0.05, 0.1) is 19.3 Å². The molecule has 4 rings (SSSR count). The summed E-state index contributed by atoms with van der Waals surface area (Å²) in [5, 5.41) is 0. The molecule has 1 saturated heterocycles. The van der Waals surface area contributed by atoms with E-state index in [-0.39, 0.29) is 24.1 Å². The highest BCUT2D eigenvalue weighted by Gasteiger charge is 2.15. The number of imidazole rings is 1. The van der Waals surface area contributed by atoms with Crippen LogP contribution in [0, 0.1) is 5.82 Å². The maximum atomic E-state index is 14.6. The van der Waals surface area contributed by atoms with E-state index in [4.69, 9.17) is 9.47 Å². The number of benzene rings is 1. The van der Waals surface area contributed by atoms with Gasteiger partial charge in [0.15, 0.2) is 5.65 Å². The third kappa shape index (κ3) is 4.46. The summed E-state index contributed by atoms with van der Waals surface area (Å²) >= 11 is 0. The topological polar surface area (TPSA) is 85.3 Å². The molecule has 3 heterocycles. The lowest BCUT2D eigenvalue weighted by atomic mass is 10.1. The first-order valence-electron chi connectivity index (χ1n) is 9.71. The van der Waals surface area contributed by atoms with Gasteiger partial charge >= 0.3 is 11.7 Å². The van der Waals surface area contributed by atoms with Crippen molar-refractivity contribution >= 4 is 11.2 Å².